The highest BCUT2D eigenvalue weighted by Crippen LogP contribution is 2.33. The third-order valence-corrected chi connectivity index (χ3v) is 4.00. The van der Waals surface area contributed by atoms with Crippen molar-refractivity contribution in [2.24, 2.45) is 0 Å². The van der Waals surface area contributed by atoms with Crippen molar-refractivity contribution in [2.45, 2.75) is 45.6 Å². The summed E-state index contributed by atoms with van der Waals surface area (Å²) in [6.45, 7) is 8.62. The highest BCUT2D eigenvalue weighted by molar-refractivity contribution is 5.93. The molecular weight excluding hydrogens is 280 g/mol. The summed E-state index contributed by atoms with van der Waals surface area (Å²) in [5.74, 6) is -0.567. The lowest BCUT2D eigenvalue weighted by molar-refractivity contribution is -0.138. The van der Waals surface area contributed by atoms with Crippen LogP contribution in [0.15, 0.2) is 22.9 Å². The van der Waals surface area contributed by atoms with Gasteiger partial charge in [0.15, 0.2) is 0 Å². The Balaban J connectivity index is 2.34. The topological polar surface area (TPSA) is 62.6 Å². The molecule has 0 aliphatic carbocycles. The Kier molecular flexibility index (Phi) is 5.25. The van der Waals surface area contributed by atoms with Gasteiger partial charge in [-0.05, 0) is 45.3 Å². The number of carbonyl (C=O) groups excluding carboxylic acids is 1. The summed E-state index contributed by atoms with van der Waals surface area (Å²) in [6.07, 6.45) is 4.80. The third kappa shape index (κ3) is 3.89. The molecule has 0 unspecified atom stereocenters. The lowest BCUT2D eigenvalue weighted by Crippen LogP contribution is -2.36. The van der Waals surface area contributed by atoms with E-state index in [1.807, 2.05) is 6.07 Å². The third-order valence-electron chi connectivity index (χ3n) is 4.00. The van der Waals surface area contributed by atoms with E-state index < -0.39 is 5.97 Å². The molecule has 2 rings (SSSR count). The average molecular weight is 304 g/mol. The molecule has 2 aliphatic rings. The van der Waals surface area contributed by atoms with Crippen molar-refractivity contribution in [3.8, 4) is 6.07 Å². The van der Waals surface area contributed by atoms with Gasteiger partial charge in [-0.15, -0.1) is 0 Å². The Bertz CT molecular complexity index is 535. The van der Waals surface area contributed by atoms with E-state index in [2.05, 4.69) is 18.7 Å². The molecule has 0 bridgehead atoms. The van der Waals surface area contributed by atoms with Crippen LogP contribution < -0.4 is 0 Å². The Hall–Kier alpha value is -1.80. The molecule has 120 valence electrons. The first-order chi connectivity index (χ1) is 10.5. The van der Waals surface area contributed by atoms with Crippen LogP contribution in [-0.2, 0) is 14.3 Å². The number of nitrogens with zero attached hydrogens (tertiary/aromatic N) is 2. The molecule has 2 heterocycles. The molecule has 2 aliphatic heterocycles. The van der Waals surface area contributed by atoms with Crippen molar-refractivity contribution in [3.05, 3.63) is 22.9 Å². The average Bonchev–Trinajstić information content (AvgIpc) is 2.99. The molecule has 22 heavy (non-hydrogen) atoms. The Morgan fingerprint density at radius 2 is 2.14 bits per heavy atom. The van der Waals surface area contributed by atoms with Crippen LogP contribution in [0.2, 0.25) is 0 Å². The van der Waals surface area contributed by atoms with Gasteiger partial charge in [-0.3, -0.25) is 0 Å². The molecule has 0 spiro atoms. The Morgan fingerprint density at radius 3 is 2.73 bits per heavy atom. The molecule has 0 radical (unpaired) electrons. The van der Waals surface area contributed by atoms with Crippen LogP contribution in [0.25, 0.3) is 0 Å². The molecule has 0 N–H and O–H groups in total. The van der Waals surface area contributed by atoms with Gasteiger partial charge in [0.1, 0.15) is 11.6 Å². The highest BCUT2D eigenvalue weighted by Gasteiger charge is 2.31. The van der Waals surface area contributed by atoms with E-state index in [4.69, 9.17) is 9.47 Å². The standard InChI is InChI=1S/C17H24N2O3/c1-4-21-16(20)13(11-18)9-14-12-22-17(2,3)10-15(14)19-7-5-6-8-19/h9H,4-8,10,12H2,1-3H3. The number of likely N-dealkylation sites (tertiary alicyclic amines) is 1. The van der Waals surface area contributed by atoms with E-state index in [0.29, 0.717) is 6.61 Å². The smallest absolute Gasteiger partial charge is 0.348 e. The minimum absolute atomic E-state index is 0.0388. The van der Waals surface area contributed by atoms with Crippen molar-refractivity contribution >= 4 is 5.97 Å². The van der Waals surface area contributed by atoms with Gasteiger partial charge in [-0.1, -0.05) is 0 Å². The number of nitriles is 1. The number of ether oxygens (including phenoxy) is 2. The summed E-state index contributed by atoms with van der Waals surface area (Å²) < 4.78 is 10.8. The molecule has 0 aromatic rings. The first-order valence-electron chi connectivity index (χ1n) is 7.86. The lowest BCUT2D eigenvalue weighted by Gasteiger charge is -2.37. The maximum Gasteiger partial charge on any atom is 0.348 e. The predicted octanol–water partition coefficient (Wildman–Crippen LogP) is 2.55. The van der Waals surface area contributed by atoms with Gasteiger partial charge >= 0.3 is 5.97 Å². The second-order valence-corrected chi connectivity index (χ2v) is 6.28. The molecule has 0 saturated carbocycles. The maximum atomic E-state index is 11.8. The second-order valence-electron chi connectivity index (χ2n) is 6.28. The van der Waals surface area contributed by atoms with Crippen LogP contribution >= 0.6 is 0 Å². The molecule has 0 amide bonds. The monoisotopic (exact) mass is 304 g/mol. The lowest BCUT2D eigenvalue weighted by atomic mass is 9.94. The van der Waals surface area contributed by atoms with Crippen LogP contribution in [0.1, 0.15) is 40.0 Å². The van der Waals surface area contributed by atoms with E-state index in [1.165, 1.54) is 18.5 Å². The summed E-state index contributed by atoms with van der Waals surface area (Å²) in [6, 6.07) is 1.94. The van der Waals surface area contributed by atoms with Crippen molar-refractivity contribution in [1.29, 1.82) is 5.26 Å². The minimum Gasteiger partial charge on any atom is -0.462 e. The summed E-state index contributed by atoms with van der Waals surface area (Å²) in [5.41, 5.74) is 1.94. The summed E-state index contributed by atoms with van der Waals surface area (Å²) in [4.78, 5) is 14.2. The highest BCUT2D eigenvalue weighted by atomic mass is 16.5. The van der Waals surface area contributed by atoms with Gasteiger partial charge in [0.2, 0.25) is 0 Å². The fourth-order valence-corrected chi connectivity index (χ4v) is 2.87. The van der Waals surface area contributed by atoms with Gasteiger partial charge in [0, 0.05) is 25.2 Å². The zero-order chi connectivity index (χ0) is 16.2. The van der Waals surface area contributed by atoms with Crippen molar-refractivity contribution in [2.75, 3.05) is 26.3 Å². The van der Waals surface area contributed by atoms with E-state index >= 15 is 0 Å². The molecule has 1 fully saturated rings. The molecule has 0 atom stereocenters. The van der Waals surface area contributed by atoms with Gasteiger partial charge in [0.25, 0.3) is 0 Å². The number of hydrogen-bond acceptors (Lipinski definition) is 5. The molecule has 5 nitrogen and oxygen atoms in total. The quantitative estimate of drug-likeness (QED) is 0.454. The van der Waals surface area contributed by atoms with Crippen LogP contribution in [0.3, 0.4) is 0 Å². The van der Waals surface area contributed by atoms with Crippen LogP contribution in [0, 0.1) is 11.3 Å². The largest absolute Gasteiger partial charge is 0.462 e. The van der Waals surface area contributed by atoms with Crippen LogP contribution in [0.5, 0.6) is 0 Å². The molecule has 1 saturated heterocycles. The molecular formula is C17H24N2O3. The van der Waals surface area contributed by atoms with Crippen LogP contribution in [-0.4, -0.2) is 42.8 Å². The van der Waals surface area contributed by atoms with Crippen LogP contribution in [0.4, 0.5) is 0 Å². The van der Waals surface area contributed by atoms with Crippen molar-refractivity contribution in [1.82, 2.24) is 4.90 Å². The number of hydrogen-bond donors (Lipinski definition) is 0. The maximum absolute atomic E-state index is 11.8. The fourth-order valence-electron chi connectivity index (χ4n) is 2.87. The molecule has 0 aromatic carbocycles. The van der Waals surface area contributed by atoms with Gasteiger partial charge < -0.3 is 14.4 Å². The Morgan fingerprint density at radius 1 is 1.45 bits per heavy atom. The first-order valence-corrected chi connectivity index (χ1v) is 7.86. The number of rotatable bonds is 4. The predicted molar refractivity (Wildman–Crippen MR) is 82.8 cm³/mol. The molecule has 0 aromatic heterocycles. The normalized spacial score (nSPS) is 21.7. The zero-order valence-electron chi connectivity index (χ0n) is 13.6. The van der Waals surface area contributed by atoms with E-state index in [1.54, 1.807) is 13.0 Å². The van der Waals surface area contributed by atoms with Gasteiger partial charge in [0.05, 0.1) is 18.8 Å². The SMILES string of the molecule is CCOC(=O)C(C#N)=CC1=C(N2CCCC2)CC(C)(C)OC1. The van der Waals surface area contributed by atoms with Gasteiger partial charge in [-0.2, -0.15) is 5.26 Å². The summed E-state index contributed by atoms with van der Waals surface area (Å²) in [5, 5.41) is 9.21. The second kappa shape index (κ2) is 6.97. The number of carbonyl (C=O) groups is 1. The first kappa shape index (κ1) is 16.6. The molecule has 5 heteroatoms. The fraction of sp³-hybridized carbons (Fsp3) is 0.647. The summed E-state index contributed by atoms with van der Waals surface area (Å²) in [7, 11) is 0. The zero-order valence-corrected chi connectivity index (χ0v) is 13.6. The van der Waals surface area contributed by atoms with E-state index in [-0.39, 0.29) is 17.8 Å². The number of esters is 1. The van der Waals surface area contributed by atoms with Crippen molar-refractivity contribution in [3.63, 3.8) is 0 Å². The van der Waals surface area contributed by atoms with E-state index in [0.717, 1.165) is 25.1 Å². The van der Waals surface area contributed by atoms with Gasteiger partial charge in [-0.25, -0.2) is 4.79 Å². The summed E-state index contributed by atoms with van der Waals surface area (Å²) >= 11 is 0. The van der Waals surface area contributed by atoms with E-state index in [9.17, 15) is 10.1 Å². The Labute approximate surface area is 132 Å². The minimum atomic E-state index is -0.567. The van der Waals surface area contributed by atoms with Crippen molar-refractivity contribution < 1.29 is 14.3 Å².